The van der Waals surface area contributed by atoms with Crippen molar-refractivity contribution in [3.8, 4) is 0 Å². The van der Waals surface area contributed by atoms with Gasteiger partial charge in [-0.2, -0.15) is 0 Å². The van der Waals surface area contributed by atoms with Gasteiger partial charge in [-0.15, -0.1) is 0 Å². The van der Waals surface area contributed by atoms with Crippen molar-refractivity contribution >= 4 is 0 Å². The van der Waals surface area contributed by atoms with Gasteiger partial charge in [0.2, 0.25) is 0 Å². The van der Waals surface area contributed by atoms with Gasteiger partial charge in [0.15, 0.2) is 0 Å². The Kier molecular flexibility index (Phi) is 5.39. The third-order valence-electron chi connectivity index (χ3n) is 3.20. The minimum Gasteiger partial charge on any atom is -0.271 e. The van der Waals surface area contributed by atoms with Crippen LogP contribution in [-0.2, 0) is 0 Å². The third-order valence-corrected chi connectivity index (χ3v) is 3.20. The molecule has 94 valence electrons. The van der Waals surface area contributed by atoms with Crippen LogP contribution >= 0.6 is 0 Å². The van der Waals surface area contributed by atoms with Crippen LogP contribution in [0.3, 0.4) is 0 Å². The van der Waals surface area contributed by atoms with Crippen LogP contribution in [0.15, 0.2) is 36.4 Å². The minimum absolute atomic E-state index is 0.170. The number of nitrogens with one attached hydrogen (secondary N) is 1. The monoisotopic (exact) mass is 232 g/mol. The van der Waals surface area contributed by atoms with Gasteiger partial charge in [0.1, 0.15) is 0 Å². The van der Waals surface area contributed by atoms with Gasteiger partial charge in [-0.25, -0.2) is 0 Å². The molecule has 0 bridgehead atoms. The minimum atomic E-state index is 0.170. The van der Waals surface area contributed by atoms with Crippen molar-refractivity contribution in [1.29, 1.82) is 0 Å². The maximum atomic E-state index is 5.61. The SMILES string of the molecule is C=C(CC)CC(NN)c1ccc(C(C)C)cc1. The Morgan fingerprint density at radius 2 is 1.76 bits per heavy atom. The van der Waals surface area contributed by atoms with Crippen molar-refractivity contribution in [2.24, 2.45) is 5.84 Å². The fourth-order valence-electron chi connectivity index (χ4n) is 1.82. The Labute approximate surface area is 105 Å². The van der Waals surface area contributed by atoms with Crippen molar-refractivity contribution in [2.45, 2.75) is 45.6 Å². The zero-order chi connectivity index (χ0) is 12.8. The molecule has 0 amide bonds. The van der Waals surface area contributed by atoms with E-state index in [1.54, 1.807) is 0 Å². The summed E-state index contributed by atoms with van der Waals surface area (Å²) >= 11 is 0. The largest absolute Gasteiger partial charge is 0.271 e. The molecular weight excluding hydrogens is 208 g/mol. The first kappa shape index (κ1) is 13.9. The normalized spacial score (nSPS) is 12.8. The lowest BCUT2D eigenvalue weighted by molar-refractivity contribution is 0.544. The molecule has 1 atom stereocenters. The highest BCUT2D eigenvalue weighted by Gasteiger charge is 2.10. The van der Waals surface area contributed by atoms with Crippen LogP contribution in [0.5, 0.6) is 0 Å². The standard InChI is InChI=1S/C15H24N2/c1-5-12(4)10-15(17-16)14-8-6-13(7-9-14)11(2)3/h6-9,11,15,17H,4-5,10,16H2,1-3H3. The lowest BCUT2D eigenvalue weighted by Gasteiger charge is -2.18. The van der Waals surface area contributed by atoms with Gasteiger partial charge in [0.25, 0.3) is 0 Å². The van der Waals surface area contributed by atoms with Crippen LogP contribution in [0.25, 0.3) is 0 Å². The summed E-state index contributed by atoms with van der Waals surface area (Å²) in [6.45, 7) is 10.6. The second-order valence-corrected chi connectivity index (χ2v) is 4.85. The Morgan fingerprint density at radius 1 is 1.24 bits per heavy atom. The van der Waals surface area contributed by atoms with Crippen LogP contribution in [-0.4, -0.2) is 0 Å². The molecule has 0 fully saturated rings. The summed E-state index contributed by atoms with van der Waals surface area (Å²) in [6, 6.07) is 8.84. The van der Waals surface area contributed by atoms with Crippen LogP contribution in [0.1, 0.15) is 56.7 Å². The fraction of sp³-hybridized carbons (Fsp3) is 0.467. The number of nitrogens with two attached hydrogens (primary N) is 1. The molecule has 1 aromatic rings. The molecule has 17 heavy (non-hydrogen) atoms. The van der Waals surface area contributed by atoms with Crippen molar-refractivity contribution < 1.29 is 0 Å². The van der Waals surface area contributed by atoms with E-state index >= 15 is 0 Å². The van der Waals surface area contributed by atoms with Gasteiger partial charge < -0.3 is 0 Å². The van der Waals surface area contributed by atoms with E-state index in [0.717, 1.165) is 12.8 Å². The molecule has 1 unspecified atom stereocenters. The van der Waals surface area contributed by atoms with Crippen molar-refractivity contribution in [3.05, 3.63) is 47.5 Å². The number of rotatable bonds is 6. The van der Waals surface area contributed by atoms with E-state index in [-0.39, 0.29) is 6.04 Å². The average molecular weight is 232 g/mol. The van der Waals surface area contributed by atoms with E-state index in [1.165, 1.54) is 16.7 Å². The molecule has 3 N–H and O–H groups in total. The molecule has 1 aromatic carbocycles. The Bertz CT molecular complexity index is 352. The van der Waals surface area contributed by atoms with E-state index in [1.807, 2.05) is 0 Å². The first-order valence-electron chi connectivity index (χ1n) is 6.31. The summed E-state index contributed by atoms with van der Waals surface area (Å²) in [5.41, 5.74) is 6.68. The van der Waals surface area contributed by atoms with Crippen LogP contribution in [0.2, 0.25) is 0 Å². The van der Waals surface area contributed by atoms with Gasteiger partial charge in [-0.05, 0) is 29.9 Å². The second kappa shape index (κ2) is 6.58. The Balaban J connectivity index is 2.78. The summed E-state index contributed by atoms with van der Waals surface area (Å²) in [7, 11) is 0. The molecule has 0 radical (unpaired) electrons. The van der Waals surface area contributed by atoms with Gasteiger partial charge in [-0.3, -0.25) is 11.3 Å². The molecule has 0 aromatic heterocycles. The molecule has 0 saturated heterocycles. The highest BCUT2D eigenvalue weighted by molar-refractivity contribution is 5.27. The topological polar surface area (TPSA) is 38.0 Å². The maximum absolute atomic E-state index is 5.61. The molecule has 0 spiro atoms. The Hall–Kier alpha value is -1.12. The third kappa shape index (κ3) is 3.99. The number of hydrogen-bond donors (Lipinski definition) is 2. The molecule has 0 heterocycles. The van der Waals surface area contributed by atoms with Gasteiger partial charge in [0, 0.05) is 6.04 Å². The van der Waals surface area contributed by atoms with E-state index in [4.69, 9.17) is 5.84 Å². The lowest BCUT2D eigenvalue weighted by Crippen LogP contribution is -2.28. The predicted molar refractivity (Wildman–Crippen MR) is 74.6 cm³/mol. The van der Waals surface area contributed by atoms with Gasteiger partial charge in [0.05, 0.1) is 0 Å². The highest BCUT2D eigenvalue weighted by atomic mass is 15.2. The summed E-state index contributed by atoms with van der Waals surface area (Å²) in [6.07, 6.45) is 1.90. The number of benzene rings is 1. The van der Waals surface area contributed by atoms with Crippen LogP contribution in [0, 0.1) is 0 Å². The molecule has 0 aliphatic rings. The molecule has 2 heteroatoms. The second-order valence-electron chi connectivity index (χ2n) is 4.85. The predicted octanol–water partition coefficient (Wildman–Crippen LogP) is 3.67. The molecule has 0 saturated carbocycles. The van der Waals surface area contributed by atoms with E-state index < -0.39 is 0 Å². The summed E-state index contributed by atoms with van der Waals surface area (Å²) < 4.78 is 0. The average Bonchev–Trinajstić information content (AvgIpc) is 2.35. The number of hydrazine groups is 1. The molecule has 0 aliphatic heterocycles. The fourth-order valence-corrected chi connectivity index (χ4v) is 1.82. The zero-order valence-corrected chi connectivity index (χ0v) is 11.2. The quantitative estimate of drug-likeness (QED) is 0.446. The van der Waals surface area contributed by atoms with E-state index in [9.17, 15) is 0 Å². The summed E-state index contributed by atoms with van der Waals surface area (Å²) in [5, 5.41) is 0. The smallest absolute Gasteiger partial charge is 0.0496 e. The number of hydrogen-bond acceptors (Lipinski definition) is 2. The Morgan fingerprint density at radius 3 is 2.18 bits per heavy atom. The van der Waals surface area contributed by atoms with Gasteiger partial charge in [-0.1, -0.05) is 57.2 Å². The van der Waals surface area contributed by atoms with Gasteiger partial charge >= 0.3 is 0 Å². The van der Waals surface area contributed by atoms with E-state index in [0.29, 0.717) is 5.92 Å². The van der Waals surface area contributed by atoms with Crippen molar-refractivity contribution in [1.82, 2.24) is 5.43 Å². The van der Waals surface area contributed by atoms with E-state index in [2.05, 4.69) is 57.0 Å². The van der Waals surface area contributed by atoms with Crippen molar-refractivity contribution in [2.75, 3.05) is 0 Å². The molecule has 1 rings (SSSR count). The van der Waals surface area contributed by atoms with Crippen LogP contribution < -0.4 is 11.3 Å². The maximum Gasteiger partial charge on any atom is 0.0496 e. The summed E-state index contributed by atoms with van der Waals surface area (Å²) in [5.74, 6) is 6.18. The van der Waals surface area contributed by atoms with Crippen molar-refractivity contribution in [3.63, 3.8) is 0 Å². The lowest BCUT2D eigenvalue weighted by atomic mass is 9.95. The van der Waals surface area contributed by atoms with Crippen LogP contribution in [0.4, 0.5) is 0 Å². The first-order chi connectivity index (χ1) is 8.08. The molecule has 2 nitrogen and oxygen atoms in total. The molecule has 0 aliphatic carbocycles. The highest BCUT2D eigenvalue weighted by Crippen LogP contribution is 2.23. The first-order valence-corrected chi connectivity index (χ1v) is 6.31. The molecular formula is C15H24N2. The summed E-state index contributed by atoms with van der Waals surface area (Å²) in [4.78, 5) is 0. The zero-order valence-electron chi connectivity index (χ0n) is 11.2.